The monoisotopic (exact) mass is 554 g/mol. The standard InChI is InChI=1S/C24H25BrCl2N2O2S/c1-4-30-22-19(25)8-15(7-18-11-29-14-24(2,3)13-28-23(29)32-18)9-21(22)31-12-16-5-6-17(26)10-20(16)27/h5-10H,4,11-14H2,1-3H3. The third kappa shape index (κ3) is 5.58. The fourth-order valence-electron chi connectivity index (χ4n) is 3.69. The molecule has 0 atom stereocenters. The molecule has 0 unspecified atom stereocenters. The lowest BCUT2D eigenvalue weighted by atomic mass is 9.92. The van der Waals surface area contributed by atoms with Crippen molar-refractivity contribution in [1.82, 2.24) is 4.90 Å². The molecule has 0 aliphatic carbocycles. The summed E-state index contributed by atoms with van der Waals surface area (Å²) >= 11 is 17.7. The maximum atomic E-state index is 6.32. The van der Waals surface area contributed by atoms with Crippen LogP contribution in [0.3, 0.4) is 0 Å². The van der Waals surface area contributed by atoms with Crippen LogP contribution in [0.5, 0.6) is 11.5 Å². The second-order valence-electron chi connectivity index (χ2n) is 8.62. The van der Waals surface area contributed by atoms with Gasteiger partial charge in [0.1, 0.15) is 6.61 Å². The third-order valence-electron chi connectivity index (χ3n) is 5.15. The number of rotatable bonds is 6. The van der Waals surface area contributed by atoms with Crippen LogP contribution in [0.1, 0.15) is 31.9 Å². The molecule has 0 bridgehead atoms. The second kappa shape index (κ2) is 9.88. The summed E-state index contributed by atoms with van der Waals surface area (Å²) in [5, 5.41) is 2.30. The molecule has 2 aromatic rings. The van der Waals surface area contributed by atoms with E-state index in [1.807, 2.05) is 25.1 Å². The van der Waals surface area contributed by atoms with E-state index in [1.54, 1.807) is 17.8 Å². The van der Waals surface area contributed by atoms with Crippen molar-refractivity contribution in [3.05, 3.63) is 60.9 Å². The third-order valence-corrected chi connectivity index (χ3v) is 7.40. The Hall–Kier alpha value is -1.34. The lowest BCUT2D eigenvalue weighted by molar-refractivity contribution is 0.259. The van der Waals surface area contributed by atoms with Crippen LogP contribution in [0.25, 0.3) is 6.08 Å². The van der Waals surface area contributed by atoms with Crippen molar-refractivity contribution in [1.29, 1.82) is 0 Å². The zero-order chi connectivity index (χ0) is 22.9. The lowest BCUT2D eigenvalue weighted by Crippen LogP contribution is -2.40. The van der Waals surface area contributed by atoms with Crippen molar-refractivity contribution < 1.29 is 9.47 Å². The van der Waals surface area contributed by atoms with Gasteiger partial charge in [-0.1, -0.05) is 54.9 Å². The minimum atomic E-state index is 0.214. The van der Waals surface area contributed by atoms with Gasteiger partial charge in [-0.25, -0.2) is 0 Å². The van der Waals surface area contributed by atoms with Crippen LogP contribution in [-0.2, 0) is 6.61 Å². The first kappa shape index (κ1) is 23.8. The molecule has 2 aliphatic rings. The Balaban J connectivity index is 1.57. The number of fused-ring (bicyclic) bond motifs is 1. The van der Waals surface area contributed by atoms with Crippen LogP contribution in [-0.4, -0.2) is 36.3 Å². The van der Waals surface area contributed by atoms with Crippen molar-refractivity contribution >= 4 is 62.1 Å². The average molecular weight is 556 g/mol. The van der Waals surface area contributed by atoms with E-state index >= 15 is 0 Å². The minimum Gasteiger partial charge on any atom is -0.489 e. The van der Waals surface area contributed by atoms with Crippen LogP contribution in [0.4, 0.5) is 0 Å². The minimum absolute atomic E-state index is 0.214. The molecule has 4 rings (SSSR count). The molecule has 8 heteroatoms. The highest BCUT2D eigenvalue weighted by Gasteiger charge is 2.33. The van der Waals surface area contributed by atoms with Crippen molar-refractivity contribution in [3.8, 4) is 11.5 Å². The number of hydrogen-bond donors (Lipinski definition) is 0. The van der Waals surface area contributed by atoms with Crippen LogP contribution < -0.4 is 9.47 Å². The second-order valence-corrected chi connectivity index (χ2v) is 11.4. The predicted molar refractivity (Wildman–Crippen MR) is 139 cm³/mol. The summed E-state index contributed by atoms with van der Waals surface area (Å²) in [6.45, 7) is 10.1. The summed E-state index contributed by atoms with van der Waals surface area (Å²) in [6.07, 6.45) is 2.20. The average Bonchev–Trinajstić information content (AvgIpc) is 3.09. The van der Waals surface area contributed by atoms with E-state index in [0.717, 1.165) is 40.4 Å². The zero-order valence-electron chi connectivity index (χ0n) is 18.3. The molecule has 32 heavy (non-hydrogen) atoms. The van der Waals surface area contributed by atoms with Crippen LogP contribution in [0, 0.1) is 5.41 Å². The van der Waals surface area contributed by atoms with Gasteiger partial charge in [-0.3, -0.25) is 4.99 Å². The number of halogens is 3. The Morgan fingerprint density at radius 1 is 1.22 bits per heavy atom. The normalized spacial score (nSPS) is 18.5. The van der Waals surface area contributed by atoms with Gasteiger partial charge in [0.25, 0.3) is 0 Å². The molecule has 0 N–H and O–H groups in total. The van der Waals surface area contributed by atoms with Gasteiger partial charge in [0, 0.05) is 39.0 Å². The highest BCUT2D eigenvalue weighted by atomic mass is 79.9. The zero-order valence-corrected chi connectivity index (χ0v) is 22.2. The highest BCUT2D eigenvalue weighted by molar-refractivity contribution is 9.10. The molecule has 2 aliphatic heterocycles. The van der Waals surface area contributed by atoms with Gasteiger partial charge in [0.05, 0.1) is 17.6 Å². The van der Waals surface area contributed by atoms with Gasteiger partial charge in [0.15, 0.2) is 16.7 Å². The summed E-state index contributed by atoms with van der Waals surface area (Å²) < 4.78 is 12.9. The smallest absolute Gasteiger partial charge is 0.175 e. The van der Waals surface area contributed by atoms with E-state index in [9.17, 15) is 0 Å². The van der Waals surface area contributed by atoms with Gasteiger partial charge in [-0.15, -0.1) is 0 Å². The van der Waals surface area contributed by atoms with E-state index < -0.39 is 0 Å². The predicted octanol–water partition coefficient (Wildman–Crippen LogP) is 7.52. The van der Waals surface area contributed by atoms with Crippen molar-refractivity contribution in [2.24, 2.45) is 10.4 Å². The van der Waals surface area contributed by atoms with Gasteiger partial charge >= 0.3 is 0 Å². The van der Waals surface area contributed by atoms with Crippen molar-refractivity contribution in [3.63, 3.8) is 0 Å². The molecule has 1 saturated heterocycles. The molecule has 0 amide bonds. The molecule has 0 aromatic heterocycles. The number of hydrogen-bond acceptors (Lipinski definition) is 5. The molecular weight excluding hydrogens is 531 g/mol. The topological polar surface area (TPSA) is 34.1 Å². The number of aliphatic imine (C=N–C) groups is 1. The Labute approximate surface area is 212 Å². The van der Waals surface area contributed by atoms with Crippen LogP contribution in [0.2, 0.25) is 10.0 Å². The van der Waals surface area contributed by atoms with Crippen molar-refractivity contribution in [2.75, 3.05) is 26.2 Å². The Bertz CT molecular complexity index is 1090. The Morgan fingerprint density at radius 3 is 2.78 bits per heavy atom. The highest BCUT2D eigenvalue weighted by Crippen LogP contribution is 2.41. The molecule has 170 valence electrons. The van der Waals surface area contributed by atoms with E-state index in [4.69, 9.17) is 37.7 Å². The summed E-state index contributed by atoms with van der Waals surface area (Å²) in [6, 6.07) is 9.47. The molecule has 0 saturated carbocycles. The maximum Gasteiger partial charge on any atom is 0.175 e. The van der Waals surface area contributed by atoms with Gasteiger partial charge in [0.2, 0.25) is 0 Å². The van der Waals surface area contributed by atoms with Gasteiger partial charge in [-0.05, 0) is 58.8 Å². The molecular formula is C24H25BrCl2N2O2S. The number of nitrogens with zero attached hydrogens (tertiary/aromatic N) is 2. The van der Waals surface area contributed by atoms with E-state index in [0.29, 0.717) is 34.8 Å². The van der Waals surface area contributed by atoms with Crippen molar-refractivity contribution in [2.45, 2.75) is 27.4 Å². The molecule has 1 fully saturated rings. The maximum absolute atomic E-state index is 6.32. The summed E-state index contributed by atoms with van der Waals surface area (Å²) in [7, 11) is 0. The summed E-state index contributed by atoms with van der Waals surface area (Å²) in [5.41, 5.74) is 2.12. The fraction of sp³-hybridized carbons (Fsp3) is 0.375. The molecule has 0 spiro atoms. The van der Waals surface area contributed by atoms with Gasteiger partial charge < -0.3 is 14.4 Å². The van der Waals surface area contributed by atoms with E-state index in [1.165, 1.54) is 4.91 Å². The molecule has 4 nitrogen and oxygen atoms in total. The number of ether oxygens (including phenoxy) is 2. The SMILES string of the molecule is CCOc1c(Br)cc(C=C2CN3CC(C)(C)CN=C3S2)cc1OCc1ccc(Cl)cc1Cl. The Kier molecular flexibility index (Phi) is 7.35. The first-order valence-corrected chi connectivity index (χ1v) is 12.8. The fourth-order valence-corrected chi connectivity index (χ4v) is 5.77. The largest absolute Gasteiger partial charge is 0.489 e. The number of thioether (sulfide) groups is 1. The molecule has 2 heterocycles. The Morgan fingerprint density at radius 2 is 2.03 bits per heavy atom. The number of benzene rings is 2. The molecule has 0 radical (unpaired) electrons. The summed E-state index contributed by atoms with van der Waals surface area (Å²) in [4.78, 5) is 8.41. The quantitative estimate of drug-likeness (QED) is 0.369. The molecule has 2 aromatic carbocycles. The van der Waals surface area contributed by atoms with E-state index in [2.05, 4.69) is 46.8 Å². The van der Waals surface area contributed by atoms with E-state index in [-0.39, 0.29) is 5.41 Å². The number of amidine groups is 1. The van der Waals surface area contributed by atoms with Crippen LogP contribution in [0.15, 0.2) is 44.7 Å². The first-order chi connectivity index (χ1) is 15.2. The van der Waals surface area contributed by atoms with Crippen LogP contribution >= 0.6 is 50.9 Å². The lowest BCUT2D eigenvalue weighted by Gasteiger charge is -2.33. The van der Waals surface area contributed by atoms with Gasteiger partial charge in [-0.2, -0.15) is 0 Å². The summed E-state index contributed by atoms with van der Waals surface area (Å²) in [5.74, 6) is 1.35. The first-order valence-electron chi connectivity index (χ1n) is 10.4.